The number of ketones is 2. The van der Waals surface area contributed by atoms with Gasteiger partial charge in [-0.05, 0) is 54.9 Å². The van der Waals surface area contributed by atoms with Crippen molar-refractivity contribution in [2.45, 2.75) is 52.4 Å². The number of carboxylic acids is 1. The van der Waals surface area contributed by atoms with Gasteiger partial charge in [-0.3, -0.25) is 9.59 Å². The fraction of sp³-hybridized carbons (Fsp3) is 0.632. The van der Waals surface area contributed by atoms with E-state index in [1.807, 2.05) is 6.92 Å². The van der Waals surface area contributed by atoms with Crippen LogP contribution in [0.5, 0.6) is 0 Å². The van der Waals surface area contributed by atoms with Gasteiger partial charge in [0.1, 0.15) is 5.78 Å². The maximum atomic E-state index is 12.7. The highest BCUT2D eigenvalue weighted by molar-refractivity contribution is 6.01. The van der Waals surface area contributed by atoms with Gasteiger partial charge in [0, 0.05) is 30.9 Å². The Labute approximate surface area is 136 Å². The van der Waals surface area contributed by atoms with Gasteiger partial charge in [0.05, 0.1) is 0 Å². The Morgan fingerprint density at radius 3 is 2.65 bits per heavy atom. The average molecular weight is 316 g/mol. The lowest BCUT2D eigenvalue weighted by Gasteiger charge is -2.48. The first kappa shape index (κ1) is 16.2. The van der Waals surface area contributed by atoms with Crippen molar-refractivity contribution >= 4 is 17.5 Å². The first-order chi connectivity index (χ1) is 10.8. The molecular formula is C19H24O4. The summed E-state index contributed by atoms with van der Waals surface area (Å²) >= 11 is 0. The topological polar surface area (TPSA) is 71.4 Å². The summed E-state index contributed by atoms with van der Waals surface area (Å²) in [7, 11) is 0. The summed E-state index contributed by atoms with van der Waals surface area (Å²) < 4.78 is 0. The molecule has 0 aromatic rings. The number of carbonyl (C=O) groups is 3. The van der Waals surface area contributed by atoms with Crippen molar-refractivity contribution in [2.24, 2.45) is 23.2 Å². The second kappa shape index (κ2) is 5.73. The zero-order valence-corrected chi connectivity index (χ0v) is 13.8. The fourth-order valence-electron chi connectivity index (χ4n) is 5.36. The standard InChI is InChI=1S/C19H24O4/c1-11(3-6-17(22)23)18-16(21)10-15-14-5-4-13(20)9-12(14)7-8-19(15,18)2/h3,6,12,14-15H,4-5,7-10H2,1-2H3,(H,22,23)/b6-3+,18-11+/t12-,14-,15-,19-/m0/s1. The second-order valence-electron chi connectivity index (χ2n) is 7.62. The number of hydrogen-bond acceptors (Lipinski definition) is 3. The summed E-state index contributed by atoms with van der Waals surface area (Å²) in [5.41, 5.74) is 1.45. The molecule has 23 heavy (non-hydrogen) atoms. The van der Waals surface area contributed by atoms with Crippen LogP contribution in [0.3, 0.4) is 0 Å². The predicted octanol–water partition coefficient (Wildman–Crippen LogP) is 3.32. The SMILES string of the molecule is CC(/C=C/C(=O)O)=C1/C(=O)C[C@H]2[C@H]3CCC(=O)C[C@@H]3CC[C@]12C. The Kier molecular flexibility index (Phi) is 4.03. The summed E-state index contributed by atoms with van der Waals surface area (Å²) in [5, 5.41) is 8.82. The molecule has 0 radical (unpaired) electrons. The molecule has 3 aliphatic rings. The minimum atomic E-state index is -0.994. The van der Waals surface area contributed by atoms with Gasteiger partial charge < -0.3 is 5.11 Å². The van der Waals surface area contributed by atoms with E-state index in [1.54, 1.807) is 6.08 Å². The smallest absolute Gasteiger partial charge is 0.328 e. The van der Waals surface area contributed by atoms with E-state index < -0.39 is 5.97 Å². The highest BCUT2D eigenvalue weighted by Crippen LogP contribution is 2.60. The molecule has 0 heterocycles. The van der Waals surface area contributed by atoms with Crippen molar-refractivity contribution in [3.8, 4) is 0 Å². The van der Waals surface area contributed by atoms with Gasteiger partial charge in [0.25, 0.3) is 0 Å². The van der Waals surface area contributed by atoms with Crippen LogP contribution in [-0.2, 0) is 14.4 Å². The highest BCUT2D eigenvalue weighted by Gasteiger charge is 2.55. The van der Waals surface area contributed by atoms with Crippen molar-refractivity contribution in [2.75, 3.05) is 0 Å². The van der Waals surface area contributed by atoms with E-state index in [9.17, 15) is 14.4 Å². The van der Waals surface area contributed by atoms with Crippen LogP contribution in [0, 0.1) is 23.2 Å². The van der Waals surface area contributed by atoms with Crippen LogP contribution in [-0.4, -0.2) is 22.6 Å². The minimum Gasteiger partial charge on any atom is -0.478 e. The maximum absolute atomic E-state index is 12.7. The lowest BCUT2D eigenvalue weighted by Crippen LogP contribution is -2.42. The summed E-state index contributed by atoms with van der Waals surface area (Å²) in [6.07, 6.45) is 7.38. The number of carbonyl (C=O) groups excluding carboxylic acids is 2. The van der Waals surface area contributed by atoms with Crippen LogP contribution < -0.4 is 0 Å². The van der Waals surface area contributed by atoms with Crippen LogP contribution in [0.4, 0.5) is 0 Å². The molecule has 3 fully saturated rings. The van der Waals surface area contributed by atoms with E-state index in [4.69, 9.17) is 5.11 Å². The molecule has 3 aliphatic carbocycles. The van der Waals surface area contributed by atoms with E-state index >= 15 is 0 Å². The Balaban J connectivity index is 1.95. The number of carboxylic acid groups (broad SMARTS) is 1. The number of fused-ring (bicyclic) bond motifs is 3. The summed E-state index contributed by atoms with van der Waals surface area (Å²) in [5.74, 6) is 0.759. The first-order valence-corrected chi connectivity index (χ1v) is 8.50. The van der Waals surface area contributed by atoms with Gasteiger partial charge in [0.2, 0.25) is 0 Å². The lowest BCUT2D eigenvalue weighted by atomic mass is 9.55. The van der Waals surface area contributed by atoms with Crippen LogP contribution >= 0.6 is 0 Å². The monoisotopic (exact) mass is 316 g/mol. The number of rotatable bonds is 2. The lowest BCUT2D eigenvalue weighted by molar-refractivity contribution is -0.131. The molecule has 0 saturated heterocycles. The third-order valence-corrected chi connectivity index (χ3v) is 6.35. The largest absolute Gasteiger partial charge is 0.478 e. The fourth-order valence-corrected chi connectivity index (χ4v) is 5.36. The molecule has 0 aromatic heterocycles. The first-order valence-electron chi connectivity index (χ1n) is 8.50. The summed E-state index contributed by atoms with van der Waals surface area (Å²) in [4.78, 5) is 35.2. The van der Waals surface area contributed by atoms with Gasteiger partial charge in [-0.25, -0.2) is 4.79 Å². The van der Waals surface area contributed by atoms with Crippen molar-refractivity contribution in [3.05, 3.63) is 23.3 Å². The molecule has 124 valence electrons. The number of hydrogen-bond donors (Lipinski definition) is 1. The molecule has 0 unspecified atom stereocenters. The van der Waals surface area contributed by atoms with Crippen molar-refractivity contribution in [1.82, 2.24) is 0 Å². The summed E-state index contributed by atoms with van der Waals surface area (Å²) in [6.45, 7) is 4.01. The van der Waals surface area contributed by atoms with Crippen LogP contribution in [0.2, 0.25) is 0 Å². The molecule has 3 saturated carbocycles. The molecule has 0 aliphatic heterocycles. The van der Waals surface area contributed by atoms with Crippen LogP contribution in [0.15, 0.2) is 23.3 Å². The maximum Gasteiger partial charge on any atom is 0.328 e. The average Bonchev–Trinajstić information content (AvgIpc) is 2.75. The Morgan fingerprint density at radius 2 is 1.96 bits per heavy atom. The normalized spacial score (nSPS) is 39.3. The van der Waals surface area contributed by atoms with Crippen LogP contribution in [0.1, 0.15) is 52.4 Å². The Hall–Kier alpha value is -1.71. The minimum absolute atomic E-state index is 0.161. The molecular weight excluding hydrogens is 292 g/mol. The molecule has 4 atom stereocenters. The molecule has 4 nitrogen and oxygen atoms in total. The molecule has 0 spiro atoms. The van der Waals surface area contributed by atoms with Crippen molar-refractivity contribution in [3.63, 3.8) is 0 Å². The van der Waals surface area contributed by atoms with E-state index in [2.05, 4.69) is 6.92 Å². The third-order valence-electron chi connectivity index (χ3n) is 6.35. The molecule has 0 bridgehead atoms. The molecule has 1 N–H and O–H groups in total. The Bertz CT molecular complexity index is 627. The predicted molar refractivity (Wildman–Crippen MR) is 85.8 cm³/mol. The highest BCUT2D eigenvalue weighted by atomic mass is 16.4. The van der Waals surface area contributed by atoms with E-state index in [0.717, 1.165) is 36.5 Å². The van der Waals surface area contributed by atoms with Gasteiger partial charge in [-0.15, -0.1) is 0 Å². The van der Waals surface area contributed by atoms with Gasteiger partial charge in [-0.1, -0.05) is 13.0 Å². The molecule has 4 heteroatoms. The second-order valence-corrected chi connectivity index (χ2v) is 7.62. The zero-order valence-electron chi connectivity index (χ0n) is 13.8. The van der Waals surface area contributed by atoms with Crippen LogP contribution in [0.25, 0.3) is 0 Å². The van der Waals surface area contributed by atoms with E-state index in [1.165, 1.54) is 0 Å². The quantitative estimate of drug-likeness (QED) is 0.793. The van der Waals surface area contributed by atoms with Crippen molar-refractivity contribution in [1.29, 1.82) is 0 Å². The molecule has 3 rings (SSSR count). The number of Topliss-reactive ketones (excluding diaryl/α,β-unsaturated/α-hetero) is 2. The molecule has 0 aromatic carbocycles. The number of allylic oxidation sites excluding steroid dienone is 3. The van der Waals surface area contributed by atoms with E-state index in [-0.39, 0.29) is 11.2 Å². The third kappa shape index (κ3) is 2.68. The zero-order chi connectivity index (χ0) is 16.8. The van der Waals surface area contributed by atoms with Gasteiger partial charge in [-0.2, -0.15) is 0 Å². The van der Waals surface area contributed by atoms with Crippen molar-refractivity contribution < 1.29 is 19.5 Å². The summed E-state index contributed by atoms with van der Waals surface area (Å²) in [6, 6.07) is 0. The van der Waals surface area contributed by atoms with Gasteiger partial charge >= 0.3 is 5.97 Å². The van der Waals surface area contributed by atoms with E-state index in [0.29, 0.717) is 42.8 Å². The number of aliphatic carboxylic acids is 1. The Morgan fingerprint density at radius 1 is 1.22 bits per heavy atom. The van der Waals surface area contributed by atoms with Gasteiger partial charge in [0.15, 0.2) is 5.78 Å². The molecule has 0 amide bonds.